The number of anilines is 2. The van der Waals surface area contributed by atoms with Gasteiger partial charge in [0, 0.05) is 24.6 Å². The number of aliphatic hydroxyl groups is 1. The van der Waals surface area contributed by atoms with Gasteiger partial charge in [0.2, 0.25) is 5.88 Å². The minimum atomic E-state index is -4.78. The standard InChI is InChI=1S/C27H29F3N6O2S/c1-34-11-6-19(13-25(34)7-2-8-25)38-22-5-4-17(15-33-22)36-24(39)35(23(37)26(36)9-3-10-26)18-12-20(27(28,29)30)21(14-31)32-16-18/h4-5,12,15-16,19,23,37H,2-3,6-11,13H2,1H3. The number of likely N-dealkylation sites (tertiary alicyclic amines) is 1. The Bertz CT molecular complexity index is 1320. The predicted molar refractivity (Wildman–Crippen MR) is 141 cm³/mol. The molecule has 2 atom stereocenters. The van der Waals surface area contributed by atoms with E-state index in [-0.39, 0.29) is 22.4 Å². The number of pyridine rings is 2. The first kappa shape index (κ1) is 26.2. The fourth-order valence-corrected chi connectivity index (χ4v) is 7.05. The number of hydrogen-bond acceptors (Lipinski definition) is 7. The van der Waals surface area contributed by atoms with Gasteiger partial charge in [-0.2, -0.15) is 18.4 Å². The Kier molecular flexibility index (Phi) is 6.24. The highest BCUT2D eigenvalue weighted by Crippen LogP contribution is 2.50. The van der Waals surface area contributed by atoms with Crippen molar-refractivity contribution in [1.29, 1.82) is 5.26 Å². The van der Waals surface area contributed by atoms with Gasteiger partial charge < -0.3 is 19.6 Å². The van der Waals surface area contributed by atoms with Crippen molar-refractivity contribution >= 4 is 28.7 Å². The molecule has 4 heterocycles. The van der Waals surface area contributed by atoms with Crippen molar-refractivity contribution in [2.45, 2.75) is 81.0 Å². The fourth-order valence-electron chi connectivity index (χ4n) is 6.56. The molecule has 1 N–H and O–H groups in total. The van der Waals surface area contributed by atoms with E-state index in [1.165, 1.54) is 30.2 Å². The first-order valence-electron chi connectivity index (χ1n) is 13.2. The van der Waals surface area contributed by atoms with Crippen molar-refractivity contribution in [1.82, 2.24) is 14.9 Å². The molecular formula is C27H29F3N6O2S. The van der Waals surface area contributed by atoms with Gasteiger partial charge in [0.15, 0.2) is 17.0 Å². The molecule has 2 aliphatic carbocycles. The SMILES string of the molecule is CN1CCC(Oc2ccc(N3C(=S)N(c4cnc(C#N)c(C(F)(F)F)c4)C(O)C34CCC4)cn2)CC12CCC2. The number of thiocarbonyl (C=S) groups is 1. The highest BCUT2D eigenvalue weighted by Gasteiger charge is 2.59. The normalized spacial score (nSPS) is 25.9. The minimum Gasteiger partial charge on any atom is -0.474 e. The second-order valence-corrected chi connectivity index (χ2v) is 11.5. The van der Waals surface area contributed by atoms with Crippen LogP contribution in [0.3, 0.4) is 0 Å². The molecule has 0 radical (unpaired) electrons. The molecule has 39 heavy (non-hydrogen) atoms. The molecule has 4 fully saturated rings. The van der Waals surface area contributed by atoms with Gasteiger partial charge >= 0.3 is 6.18 Å². The van der Waals surface area contributed by atoms with Gasteiger partial charge in [-0.3, -0.25) is 4.90 Å². The van der Waals surface area contributed by atoms with E-state index < -0.39 is 29.2 Å². The van der Waals surface area contributed by atoms with E-state index in [1.807, 2.05) is 6.07 Å². The third-order valence-corrected chi connectivity index (χ3v) is 9.48. The van der Waals surface area contributed by atoms with E-state index >= 15 is 0 Å². The Balaban J connectivity index is 1.25. The zero-order valence-corrected chi connectivity index (χ0v) is 22.3. The summed E-state index contributed by atoms with van der Waals surface area (Å²) in [5.41, 5.74) is -1.84. The van der Waals surface area contributed by atoms with Crippen LogP contribution in [0.1, 0.15) is 62.6 Å². The van der Waals surface area contributed by atoms with Crippen LogP contribution in [0.4, 0.5) is 24.5 Å². The number of halogens is 3. The summed E-state index contributed by atoms with van der Waals surface area (Å²) in [6.07, 6.45) is 4.52. The van der Waals surface area contributed by atoms with E-state index in [2.05, 4.69) is 21.9 Å². The number of alkyl halides is 3. The van der Waals surface area contributed by atoms with Crippen LogP contribution < -0.4 is 14.5 Å². The predicted octanol–water partition coefficient (Wildman–Crippen LogP) is 4.62. The largest absolute Gasteiger partial charge is 0.474 e. The van der Waals surface area contributed by atoms with Gasteiger partial charge in [-0.25, -0.2) is 9.97 Å². The number of nitriles is 1. The van der Waals surface area contributed by atoms with Gasteiger partial charge in [0.1, 0.15) is 12.2 Å². The summed E-state index contributed by atoms with van der Waals surface area (Å²) < 4.78 is 47.1. The number of hydrogen-bond donors (Lipinski definition) is 1. The molecule has 2 aliphatic heterocycles. The summed E-state index contributed by atoms with van der Waals surface area (Å²) in [6, 6.07) is 5.93. The summed E-state index contributed by atoms with van der Waals surface area (Å²) in [5.74, 6) is 0.513. The molecular weight excluding hydrogens is 529 g/mol. The maximum absolute atomic E-state index is 13.6. The van der Waals surface area contributed by atoms with Gasteiger partial charge in [-0.05, 0) is 76.3 Å². The third-order valence-electron chi connectivity index (χ3n) is 9.10. The average Bonchev–Trinajstić information content (AvgIpc) is 3.10. The smallest absolute Gasteiger partial charge is 0.419 e. The lowest BCUT2D eigenvalue weighted by Gasteiger charge is -2.53. The molecule has 0 aromatic carbocycles. The minimum absolute atomic E-state index is 0.0206. The molecule has 206 valence electrons. The van der Waals surface area contributed by atoms with Crippen molar-refractivity contribution in [3.8, 4) is 11.9 Å². The van der Waals surface area contributed by atoms with E-state index in [0.717, 1.165) is 38.1 Å². The number of rotatable bonds is 4. The first-order chi connectivity index (χ1) is 18.6. The second kappa shape index (κ2) is 9.28. The Labute approximate surface area is 230 Å². The van der Waals surface area contributed by atoms with Crippen LogP contribution in [-0.2, 0) is 6.18 Å². The molecule has 2 aromatic rings. The quantitative estimate of drug-likeness (QED) is 0.540. The van der Waals surface area contributed by atoms with E-state index in [0.29, 0.717) is 24.4 Å². The third kappa shape index (κ3) is 4.13. The zero-order chi connectivity index (χ0) is 27.6. The maximum Gasteiger partial charge on any atom is 0.419 e. The van der Waals surface area contributed by atoms with Gasteiger partial charge in [-0.15, -0.1) is 0 Å². The zero-order valence-electron chi connectivity index (χ0n) is 21.5. The lowest BCUT2D eigenvalue weighted by Crippen LogP contribution is -2.58. The van der Waals surface area contributed by atoms with E-state index in [4.69, 9.17) is 22.2 Å². The van der Waals surface area contributed by atoms with Crippen molar-refractivity contribution < 1.29 is 23.0 Å². The van der Waals surface area contributed by atoms with Gasteiger partial charge in [0.25, 0.3) is 0 Å². The van der Waals surface area contributed by atoms with Crippen LogP contribution in [0.2, 0.25) is 0 Å². The number of aliphatic hydroxyl groups excluding tert-OH is 1. The molecule has 2 saturated heterocycles. The van der Waals surface area contributed by atoms with Crippen molar-refractivity contribution in [2.24, 2.45) is 0 Å². The topological polar surface area (TPSA) is 88.8 Å². The van der Waals surface area contributed by atoms with Crippen molar-refractivity contribution in [3.63, 3.8) is 0 Å². The summed E-state index contributed by atoms with van der Waals surface area (Å²) in [6.45, 7) is 0.987. The highest BCUT2D eigenvalue weighted by atomic mass is 32.1. The van der Waals surface area contributed by atoms with E-state index in [9.17, 15) is 18.3 Å². The Hall–Kier alpha value is -3.01. The Morgan fingerprint density at radius 1 is 1.13 bits per heavy atom. The lowest BCUT2D eigenvalue weighted by atomic mass is 9.69. The Morgan fingerprint density at radius 3 is 2.41 bits per heavy atom. The van der Waals surface area contributed by atoms with Crippen molar-refractivity contribution in [3.05, 3.63) is 41.9 Å². The molecule has 2 unspecified atom stereocenters. The highest BCUT2D eigenvalue weighted by molar-refractivity contribution is 7.80. The van der Waals surface area contributed by atoms with Crippen LogP contribution >= 0.6 is 12.2 Å². The van der Waals surface area contributed by atoms with Crippen LogP contribution in [0.15, 0.2) is 30.6 Å². The molecule has 2 saturated carbocycles. The summed E-state index contributed by atoms with van der Waals surface area (Å²) in [5, 5.41) is 20.6. The number of piperidine rings is 1. The average molecular weight is 559 g/mol. The van der Waals surface area contributed by atoms with Crippen LogP contribution in [0.25, 0.3) is 0 Å². The summed E-state index contributed by atoms with van der Waals surface area (Å²) >= 11 is 5.72. The number of ether oxygens (including phenoxy) is 1. The van der Waals surface area contributed by atoms with Crippen LogP contribution in [0, 0.1) is 11.3 Å². The molecule has 2 aromatic heterocycles. The van der Waals surface area contributed by atoms with Crippen LogP contribution in [0.5, 0.6) is 5.88 Å². The second-order valence-electron chi connectivity index (χ2n) is 11.1. The van der Waals surface area contributed by atoms with Gasteiger partial charge in [-0.1, -0.05) is 0 Å². The molecule has 6 rings (SSSR count). The molecule has 8 nitrogen and oxygen atoms in total. The summed E-state index contributed by atoms with van der Waals surface area (Å²) in [7, 11) is 2.19. The molecule has 2 spiro atoms. The van der Waals surface area contributed by atoms with Gasteiger partial charge in [0.05, 0.1) is 34.9 Å². The number of nitrogens with zero attached hydrogens (tertiary/aromatic N) is 6. The molecule has 4 aliphatic rings. The first-order valence-corrected chi connectivity index (χ1v) is 13.6. The molecule has 12 heteroatoms. The molecule has 0 amide bonds. The van der Waals surface area contributed by atoms with Crippen LogP contribution in [-0.4, -0.2) is 62.1 Å². The Morgan fingerprint density at radius 2 is 1.85 bits per heavy atom. The lowest BCUT2D eigenvalue weighted by molar-refractivity contribution is -0.138. The van der Waals surface area contributed by atoms with Crippen molar-refractivity contribution in [2.75, 3.05) is 23.4 Å². The summed E-state index contributed by atoms with van der Waals surface area (Å²) in [4.78, 5) is 13.8. The monoisotopic (exact) mass is 558 g/mol. The maximum atomic E-state index is 13.6. The van der Waals surface area contributed by atoms with E-state index in [1.54, 1.807) is 17.2 Å². The number of aromatic nitrogens is 2. The molecule has 0 bridgehead atoms. The fraction of sp³-hybridized carbons (Fsp3) is 0.556.